The summed E-state index contributed by atoms with van der Waals surface area (Å²) in [7, 11) is 1.82. The first kappa shape index (κ1) is 17.5. The van der Waals surface area contributed by atoms with E-state index in [4.69, 9.17) is 9.47 Å². The van der Waals surface area contributed by atoms with Crippen LogP contribution in [0.25, 0.3) is 0 Å². The van der Waals surface area contributed by atoms with Crippen LogP contribution >= 0.6 is 0 Å². The van der Waals surface area contributed by atoms with Gasteiger partial charge in [0.25, 0.3) is 0 Å². The van der Waals surface area contributed by atoms with Gasteiger partial charge in [-0.1, -0.05) is 12.8 Å². The van der Waals surface area contributed by atoms with Crippen LogP contribution < -0.4 is 10.6 Å². The average Bonchev–Trinajstić information content (AvgIpc) is 3.07. The Balaban J connectivity index is 1.45. The maximum absolute atomic E-state index is 5.86. The molecule has 0 aromatic heterocycles. The van der Waals surface area contributed by atoms with Crippen LogP contribution in [0.3, 0.4) is 0 Å². The third-order valence-electron chi connectivity index (χ3n) is 4.32. The first-order valence-electron chi connectivity index (χ1n) is 8.74. The summed E-state index contributed by atoms with van der Waals surface area (Å²) in [4.78, 5) is 6.67. The van der Waals surface area contributed by atoms with Crippen molar-refractivity contribution in [1.29, 1.82) is 0 Å². The lowest BCUT2D eigenvalue weighted by atomic mass is 10.3. The predicted octanol–water partition coefficient (Wildman–Crippen LogP) is 0.833. The second-order valence-corrected chi connectivity index (χ2v) is 6.01. The molecule has 1 saturated heterocycles. The predicted molar refractivity (Wildman–Crippen MR) is 89.4 cm³/mol. The Kier molecular flexibility index (Phi) is 8.60. The number of aliphatic imine (C=N–C) groups is 1. The van der Waals surface area contributed by atoms with Crippen LogP contribution in [0.1, 0.15) is 32.1 Å². The molecule has 2 fully saturated rings. The number of hydrogen-bond donors (Lipinski definition) is 2. The van der Waals surface area contributed by atoms with Crippen molar-refractivity contribution in [2.75, 3.05) is 59.6 Å². The van der Waals surface area contributed by atoms with Crippen molar-refractivity contribution in [2.24, 2.45) is 4.99 Å². The van der Waals surface area contributed by atoms with Crippen LogP contribution in [0.5, 0.6) is 0 Å². The van der Waals surface area contributed by atoms with Gasteiger partial charge < -0.3 is 20.1 Å². The molecule has 1 heterocycles. The zero-order valence-corrected chi connectivity index (χ0v) is 14.0. The van der Waals surface area contributed by atoms with Gasteiger partial charge in [0.05, 0.1) is 19.3 Å². The highest BCUT2D eigenvalue weighted by atomic mass is 16.5. The van der Waals surface area contributed by atoms with Gasteiger partial charge in [-0.25, -0.2) is 0 Å². The van der Waals surface area contributed by atoms with Gasteiger partial charge in [0.1, 0.15) is 0 Å². The Labute approximate surface area is 134 Å². The molecular weight excluding hydrogens is 280 g/mol. The Morgan fingerprint density at radius 1 is 1.18 bits per heavy atom. The fourth-order valence-corrected chi connectivity index (χ4v) is 2.96. The molecule has 0 amide bonds. The SMILES string of the molecule is CN=C(NCCCOC1CCCC1)NCCN1CCOCC1. The lowest BCUT2D eigenvalue weighted by molar-refractivity contribution is 0.0389. The van der Waals surface area contributed by atoms with Crippen molar-refractivity contribution in [3.8, 4) is 0 Å². The Bertz CT molecular complexity index is 313. The normalized spacial score (nSPS) is 21.2. The zero-order valence-electron chi connectivity index (χ0n) is 14.0. The monoisotopic (exact) mass is 312 g/mol. The molecule has 6 nitrogen and oxygen atoms in total. The lowest BCUT2D eigenvalue weighted by Gasteiger charge is -2.26. The summed E-state index contributed by atoms with van der Waals surface area (Å²) in [5.74, 6) is 0.883. The molecule has 2 aliphatic rings. The molecule has 2 N–H and O–H groups in total. The minimum atomic E-state index is 0.519. The molecule has 0 spiro atoms. The standard InChI is InChI=1S/C16H32N4O2/c1-17-16(19-8-9-20-10-13-21-14-11-20)18-7-4-12-22-15-5-2-3-6-15/h15H,2-14H2,1H3,(H2,17,18,19). The highest BCUT2D eigenvalue weighted by molar-refractivity contribution is 5.79. The Hall–Kier alpha value is -0.850. The molecule has 2 rings (SSSR count). The van der Waals surface area contributed by atoms with Crippen molar-refractivity contribution in [3.63, 3.8) is 0 Å². The smallest absolute Gasteiger partial charge is 0.191 e. The van der Waals surface area contributed by atoms with Crippen LogP contribution in [-0.2, 0) is 9.47 Å². The number of ether oxygens (including phenoxy) is 2. The Morgan fingerprint density at radius 3 is 2.64 bits per heavy atom. The quantitative estimate of drug-likeness (QED) is 0.395. The van der Waals surface area contributed by atoms with E-state index in [2.05, 4.69) is 20.5 Å². The van der Waals surface area contributed by atoms with Gasteiger partial charge in [0.2, 0.25) is 0 Å². The van der Waals surface area contributed by atoms with Gasteiger partial charge in [0, 0.05) is 46.4 Å². The summed E-state index contributed by atoms with van der Waals surface area (Å²) in [6.07, 6.45) is 6.72. The van der Waals surface area contributed by atoms with Crippen LogP contribution in [0.15, 0.2) is 4.99 Å². The summed E-state index contributed by atoms with van der Waals surface area (Å²) in [5, 5.41) is 6.71. The van der Waals surface area contributed by atoms with Gasteiger partial charge in [-0.15, -0.1) is 0 Å². The fourth-order valence-electron chi connectivity index (χ4n) is 2.96. The molecule has 6 heteroatoms. The third-order valence-corrected chi connectivity index (χ3v) is 4.32. The molecule has 0 aromatic rings. The molecule has 0 unspecified atom stereocenters. The molecule has 0 aromatic carbocycles. The third kappa shape index (κ3) is 6.94. The van der Waals surface area contributed by atoms with E-state index < -0.39 is 0 Å². The van der Waals surface area contributed by atoms with Gasteiger partial charge in [-0.05, 0) is 19.3 Å². The number of nitrogens with zero attached hydrogens (tertiary/aromatic N) is 2. The first-order valence-corrected chi connectivity index (χ1v) is 8.74. The largest absolute Gasteiger partial charge is 0.379 e. The maximum Gasteiger partial charge on any atom is 0.191 e. The summed E-state index contributed by atoms with van der Waals surface area (Å²) in [5.41, 5.74) is 0. The minimum absolute atomic E-state index is 0.519. The topological polar surface area (TPSA) is 58.1 Å². The van der Waals surface area contributed by atoms with Gasteiger partial charge in [-0.3, -0.25) is 9.89 Å². The number of rotatable bonds is 8. The van der Waals surface area contributed by atoms with E-state index in [0.717, 1.165) is 64.9 Å². The summed E-state index contributed by atoms with van der Waals surface area (Å²) in [6, 6.07) is 0. The first-order chi connectivity index (χ1) is 10.9. The highest BCUT2D eigenvalue weighted by Gasteiger charge is 2.14. The van der Waals surface area contributed by atoms with E-state index in [1.807, 2.05) is 7.05 Å². The van der Waals surface area contributed by atoms with Crippen LogP contribution in [0, 0.1) is 0 Å². The molecule has 128 valence electrons. The summed E-state index contributed by atoms with van der Waals surface area (Å²) < 4.78 is 11.2. The van der Waals surface area contributed by atoms with Crippen LogP contribution in [0.4, 0.5) is 0 Å². The van der Waals surface area contributed by atoms with Crippen LogP contribution in [-0.4, -0.2) is 76.6 Å². The van der Waals surface area contributed by atoms with E-state index in [0.29, 0.717) is 6.10 Å². The maximum atomic E-state index is 5.86. The van der Waals surface area contributed by atoms with Crippen LogP contribution in [0.2, 0.25) is 0 Å². The molecule has 0 radical (unpaired) electrons. The van der Waals surface area contributed by atoms with Crippen molar-refractivity contribution in [2.45, 2.75) is 38.2 Å². The second kappa shape index (κ2) is 10.8. The number of nitrogens with one attached hydrogen (secondary N) is 2. The molecule has 1 aliphatic heterocycles. The van der Waals surface area contributed by atoms with Crippen molar-refractivity contribution >= 4 is 5.96 Å². The fraction of sp³-hybridized carbons (Fsp3) is 0.938. The minimum Gasteiger partial charge on any atom is -0.379 e. The number of morpholine rings is 1. The number of hydrogen-bond acceptors (Lipinski definition) is 4. The summed E-state index contributed by atoms with van der Waals surface area (Å²) in [6.45, 7) is 7.49. The molecule has 0 atom stereocenters. The second-order valence-electron chi connectivity index (χ2n) is 6.01. The van der Waals surface area contributed by atoms with Gasteiger partial charge >= 0.3 is 0 Å². The summed E-state index contributed by atoms with van der Waals surface area (Å²) >= 11 is 0. The molecule has 22 heavy (non-hydrogen) atoms. The number of guanidine groups is 1. The average molecular weight is 312 g/mol. The van der Waals surface area contributed by atoms with Gasteiger partial charge in [-0.2, -0.15) is 0 Å². The van der Waals surface area contributed by atoms with E-state index >= 15 is 0 Å². The highest BCUT2D eigenvalue weighted by Crippen LogP contribution is 2.20. The van der Waals surface area contributed by atoms with Crippen molar-refractivity contribution in [1.82, 2.24) is 15.5 Å². The van der Waals surface area contributed by atoms with E-state index in [-0.39, 0.29) is 0 Å². The Morgan fingerprint density at radius 2 is 1.91 bits per heavy atom. The van der Waals surface area contributed by atoms with Gasteiger partial charge in [0.15, 0.2) is 5.96 Å². The van der Waals surface area contributed by atoms with E-state index in [1.54, 1.807) is 0 Å². The molecule has 1 aliphatic carbocycles. The van der Waals surface area contributed by atoms with E-state index in [9.17, 15) is 0 Å². The molecular formula is C16H32N4O2. The van der Waals surface area contributed by atoms with Crippen molar-refractivity contribution in [3.05, 3.63) is 0 Å². The zero-order chi connectivity index (χ0) is 15.5. The van der Waals surface area contributed by atoms with Crippen molar-refractivity contribution < 1.29 is 9.47 Å². The molecule has 0 bridgehead atoms. The van der Waals surface area contributed by atoms with E-state index in [1.165, 1.54) is 25.7 Å². The molecule has 1 saturated carbocycles. The lowest BCUT2D eigenvalue weighted by Crippen LogP contribution is -2.44.